The zero-order valence-electron chi connectivity index (χ0n) is 8.40. The van der Waals surface area contributed by atoms with Gasteiger partial charge in [0.15, 0.2) is 0 Å². The highest BCUT2D eigenvalue weighted by Crippen LogP contribution is 2.16. The van der Waals surface area contributed by atoms with E-state index in [0.717, 1.165) is 0 Å². The summed E-state index contributed by atoms with van der Waals surface area (Å²) < 4.78 is 1.53. The molecule has 0 radical (unpaired) electrons. The Balaban J connectivity index is 2.78. The minimum Gasteiger partial charge on any atom is -0.310 e. The molecule has 0 atom stereocenters. The highest BCUT2D eigenvalue weighted by atomic mass is 16.2. The van der Waals surface area contributed by atoms with Gasteiger partial charge >= 0.3 is 0 Å². The molecule has 5 nitrogen and oxygen atoms in total. The lowest BCUT2D eigenvalue weighted by molar-refractivity contribution is -0.121. The van der Waals surface area contributed by atoms with Crippen molar-refractivity contribution in [2.45, 2.75) is 13.8 Å². The van der Waals surface area contributed by atoms with Gasteiger partial charge in [0.05, 0.1) is 12.3 Å². The fraction of sp³-hybridized carbons (Fsp3) is 0.444. The van der Waals surface area contributed by atoms with Crippen molar-refractivity contribution in [1.29, 1.82) is 5.26 Å². The lowest BCUT2D eigenvalue weighted by Crippen LogP contribution is -2.29. The molecule has 0 aliphatic heterocycles. The molecule has 0 saturated heterocycles. The molecule has 1 rings (SSSR count). The summed E-state index contributed by atoms with van der Waals surface area (Å²) in [6.45, 7) is 3.14. The predicted octanol–water partition coefficient (Wildman–Crippen LogP) is 0.908. The first-order chi connectivity index (χ1) is 6.47. The number of hydrogen-bond acceptors (Lipinski definition) is 3. The van der Waals surface area contributed by atoms with Gasteiger partial charge in [0.2, 0.25) is 5.91 Å². The quantitative estimate of drug-likeness (QED) is 0.757. The summed E-state index contributed by atoms with van der Waals surface area (Å²) >= 11 is 0. The molecule has 0 fully saturated rings. The van der Waals surface area contributed by atoms with Crippen LogP contribution in [0.1, 0.15) is 13.8 Å². The van der Waals surface area contributed by atoms with Crippen LogP contribution in [0.5, 0.6) is 0 Å². The smallest absolute Gasteiger partial charge is 0.245 e. The van der Waals surface area contributed by atoms with Gasteiger partial charge in [-0.1, -0.05) is 0 Å². The highest BCUT2D eigenvalue weighted by molar-refractivity contribution is 5.95. The van der Waals surface area contributed by atoms with E-state index >= 15 is 0 Å². The molecule has 0 aliphatic rings. The lowest BCUT2D eigenvalue weighted by Gasteiger charge is -2.14. The van der Waals surface area contributed by atoms with E-state index in [0.29, 0.717) is 5.82 Å². The zero-order valence-corrected chi connectivity index (χ0v) is 8.40. The third-order valence-corrected chi connectivity index (χ3v) is 1.91. The molecule has 0 bridgehead atoms. The summed E-state index contributed by atoms with van der Waals surface area (Å²) in [6.07, 6.45) is 1.58. The van der Waals surface area contributed by atoms with Crippen LogP contribution < -0.4 is 5.32 Å². The molecule has 0 spiro atoms. The van der Waals surface area contributed by atoms with Crippen LogP contribution in [-0.2, 0) is 11.8 Å². The molecule has 1 heterocycles. The van der Waals surface area contributed by atoms with Crippen molar-refractivity contribution in [2.24, 2.45) is 12.5 Å². The van der Waals surface area contributed by atoms with Crippen LogP contribution in [0.3, 0.4) is 0 Å². The average Bonchev–Trinajstić information content (AvgIpc) is 2.52. The first kappa shape index (κ1) is 10.3. The summed E-state index contributed by atoms with van der Waals surface area (Å²) in [5, 5.41) is 15.2. The normalized spacial score (nSPS) is 10.7. The van der Waals surface area contributed by atoms with Gasteiger partial charge in [-0.25, -0.2) is 0 Å². The second-order valence-corrected chi connectivity index (χ2v) is 3.53. The second-order valence-electron chi connectivity index (χ2n) is 3.53. The lowest BCUT2D eigenvalue weighted by atomic mass is 9.95. The average molecular weight is 192 g/mol. The third-order valence-electron chi connectivity index (χ3n) is 1.91. The monoisotopic (exact) mass is 192 g/mol. The van der Waals surface area contributed by atoms with E-state index in [1.165, 1.54) is 4.68 Å². The van der Waals surface area contributed by atoms with E-state index in [1.54, 1.807) is 33.2 Å². The molecule has 0 unspecified atom stereocenters. The molecule has 14 heavy (non-hydrogen) atoms. The van der Waals surface area contributed by atoms with E-state index in [1.807, 2.05) is 6.07 Å². The van der Waals surface area contributed by atoms with E-state index in [-0.39, 0.29) is 5.91 Å². The molecular formula is C9H12N4O. The van der Waals surface area contributed by atoms with Crippen LogP contribution in [0.15, 0.2) is 12.3 Å². The standard InChI is InChI=1S/C9H12N4O/c1-9(2,6-10)8(14)12-7-4-5-11-13(7)3/h4-5H,1-3H3,(H,12,14). The Morgan fingerprint density at radius 2 is 2.36 bits per heavy atom. The summed E-state index contributed by atoms with van der Waals surface area (Å²) in [5.74, 6) is 0.252. The van der Waals surface area contributed by atoms with Crippen LogP contribution in [0.2, 0.25) is 0 Å². The number of amides is 1. The number of nitriles is 1. The van der Waals surface area contributed by atoms with Gasteiger partial charge in [0.1, 0.15) is 11.2 Å². The Hall–Kier alpha value is -1.83. The topological polar surface area (TPSA) is 70.7 Å². The van der Waals surface area contributed by atoms with Gasteiger partial charge in [-0.3, -0.25) is 9.48 Å². The zero-order chi connectivity index (χ0) is 10.8. The molecular weight excluding hydrogens is 180 g/mol. The van der Waals surface area contributed by atoms with E-state index < -0.39 is 5.41 Å². The van der Waals surface area contributed by atoms with Crippen molar-refractivity contribution in [1.82, 2.24) is 9.78 Å². The number of anilines is 1. The number of carbonyl (C=O) groups excluding carboxylic acids is 1. The Labute approximate surface area is 82.3 Å². The van der Waals surface area contributed by atoms with E-state index in [9.17, 15) is 4.79 Å². The van der Waals surface area contributed by atoms with Crippen molar-refractivity contribution in [3.05, 3.63) is 12.3 Å². The number of carbonyl (C=O) groups is 1. The minimum absolute atomic E-state index is 0.330. The maximum atomic E-state index is 11.5. The molecule has 74 valence electrons. The predicted molar refractivity (Wildman–Crippen MR) is 51.2 cm³/mol. The molecule has 1 aromatic heterocycles. The molecule has 0 saturated carbocycles. The Kier molecular flexibility index (Phi) is 2.56. The van der Waals surface area contributed by atoms with Gasteiger partial charge in [0, 0.05) is 13.1 Å². The first-order valence-electron chi connectivity index (χ1n) is 4.18. The van der Waals surface area contributed by atoms with Crippen LogP contribution in [-0.4, -0.2) is 15.7 Å². The van der Waals surface area contributed by atoms with Gasteiger partial charge in [0.25, 0.3) is 0 Å². The van der Waals surface area contributed by atoms with Gasteiger partial charge in [-0.2, -0.15) is 10.4 Å². The van der Waals surface area contributed by atoms with Crippen LogP contribution >= 0.6 is 0 Å². The van der Waals surface area contributed by atoms with Crippen molar-refractivity contribution in [3.8, 4) is 6.07 Å². The largest absolute Gasteiger partial charge is 0.310 e. The Bertz CT molecular complexity index is 386. The molecule has 1 aromatic rings. The summed E-state index contributed by atoms with van der Waals surface area (Å²) in [6, 6.07) is 3.60. The number of aromatic nitrogens is 2. The minimum atomic E-state index is -1.02. The Morgan fingerprint density at radius 1 is 1.71 bits per heavy atom. The van der Waals surface area contributed by atoms with E-state index in [2.05, 4.69) is 10.4 Å². The maximum absolute atomic E-state index is 11.5. The molecule has 0 aromatic carbocycles. The number of rotatable bonds is 2. The van der Waals surface area contributed by atoms with Crippen LogP contribution in [0, 0.1) is 16.7 Å². The Morgan fingerprint density at radius 3 is 2.79 bits per heavy atom. The molecule has 0 aliphatic carbocycles. The summed E-state index contributed by atoms with van der Waals surface area (Å²) in [5.41, 5.74) is -1.02. The summed E-state index contributed by atoms with van der Waals surface area (Å²) in [4.78, 5) is 11.5. The first-order valence-corrected chi connectivity index (χ1v) is 4.18. The SMILES string of the molecule is Cn1nccc1NC(=O)C(C)(C)C#N. The van der Waals surface area contributed by atoms with Crippen molar-refractivity contribution < 1.29 is 4.79 Å². The number of nitrogens with one attached hydrogen (secondary N) is 1. The van der Waals surface area contributed by atoms with Crippen molar-refractivity contribution in [3.63, 3.8) is 0 Å². The summed E-state index contributed by atoms with van der Waals surface area (Å²) in [7, 11) is 1.72. The third kappa shape index (κ3) is 1.91. The van der Waals surface area contributed by atoms with Crippen LogP contribution in [0.4, 0.5) is 5.82 Å². The van der Waals surface area contributed by atoms with E-state index in [4.69, 9.17) is 5.26 Å². The van der Waals surface area contributed by atoms with Gasteiger partial charge < -0.3 is 5.32 Å². The van der Waals surface area contributed by atoms with Crippen molar-refractivity contribution >= 4 is 11.7 Å². The maximum Gasteiger partial charge on any atom is 0.245 e. The fourth-order valence-electron chi connectivity index (χ4n) is 0.820. The fourth-order valence-corrected chi connectivity index (χ4v) is 0.820. The molecule has 1 amide bonds. The van der Waals surface area contributed by atoms with Crippen molar-refractivity contribution in [2.75, 3.05) is 5.32 Å². The molecule has 1 N–H and O–H groups in total. The molecule has 5 heteroatoms. The number of hydrogen-bond donors (Lipinski definition) is 1. The highest BCUT2D eigenvalue weighted by Gasteiger charge is 2.27. The van der Waals surface area contributed by atoms with Crippen LogP contribution in [0.25, 0.3) is 0 Å². The van der Waals surface area contributed by atoms with Gasteiger partial charge in [-0.15, -0.1) is 0 Å². The number of aryl methyl sites for hydroxylation is 1. The second kappa shape index (κ2) is 3.50. The van der Waals surface area contributed by atoms with Gasteiger partial charge in [-0.05, 0) is 13.8 Å². The number of nitrogens with zero attached hydrogens (tertiary/aromatic N) is 3.